The van der Waals surface area contributed by atoms with Crippen LogP contribution in [-0.4, -0.2) is 50.5 Å². The van der Waals surface area contributed by atoms with E-state index in [1.165, 1.54) is 4.88 Å². The molecule has 0 radical (unpaired) electrons. The van der Waals surface area contributed by atoms with E-state index in [0.717, 1.165) is 10.2 Å². The summed E-state index contributed by atoms with van der Waals surface area (Å²) in [6, 6.07) is 2.01. The Labute approximate surface area is 127 Å². The van der Waals surface area contributed by atoms with Crippen LogP contribution in [0.1, 0.15) is 4.88 Å². The largest absolute Gasteiger partial charge is 0.383 e. The molecule has 0 saturated heterocycles. The fourth-order valence-corrected chi connectivity index (χ4v) is 3.00. The number of aryl methyl sites for hydroxylation is 1. The van der Waals surface area contributed by atoms with Crippen LogP contribution in [-0.2, 0) is 9.47 Å². The monoisotopic (exact) mass is 315 g/mol. The van der Waals surface area contributed by atoms with Gasteiger partial charge in [0.05, 0.1) is 13.2 Å². The number of methoxy groups -OCH3 is 2. The van der Waals surface area contributed by atoms with E-state index in [1.807, 2.05) is 17.9 Å². The molecule has 0 atom stereocenters. The maximum atomic E-state index is 6.25. The summed E-state index contributed by atoms with van der Waals surface area (Å²) in [5.41, 5.74) is 0. The van der Waals surface area contributed by atoms with Crippen molar-refractivity contribution in [2.24, 2.45) is 0 Å². The minimum Gasteiger partial charge on any atom is -0.383 e. The van der Waals surface area contributed by atoms with E-state index in [-0.39, 0.29) is 0 Å². The van der Waals surface area contributed by atoms with E-state index < -0.39 is 0 Å². The minimum absolute atomic E-state index is 0.495. The molecule has 110 valence electrons. The SMILES string of the molecule is COCCN(CCOC)c1nc(Cl)c2cc(C)sc2n1. The Morgan fingerprint density at radius 2 is 1.85 bits per heavy atom. The van der Waals surface area contributed by atoms with E-state index in [1.54, 1.807) is 25.6 Å². The zero-order valence-corrected chi connectivity index (χ0v) is 13.4. The lowest BCUT2D eigenvalue weighted by Gasteiger charge is -2.21. The van der Waals surface area contributed by atoms with Gasteiger partial charge in [0.2, 0.25) is 5.95 Å². The Bertz CT molecular complexity index is 568. The van der Waals surface area contributed by atoms with Gasteiger partial charge >= 0.3 is 0 Å². The smallest absolute Gasteiger partial charge is 0.228 e. The van der Waals surface area contributed by atoms with Crippen molar-refractivity contribution in [1.82, 2.24) is 9.97 Å². The number of nitrogens with zero attached hydrogens (tertiary/aromatic N) is 3. The predicted molar refractivity (Wildman–Crippen MR) is 83.1 cm³/mol. The second kappa shape index (κ2) is 7.17. The van der Waals surface area contributed by atoms with Crippen molar-refractivity contribution in [3.8, 4) is 0 Å². The van der Waals surface area contributed by atoms with Crippen molar-refractivity contribution >= 4 is 39.1 Å². The van der Waals surface area contributed by atoms with E-state index in [4.69, 9.17) is 21.1 Å². The van der Waals surface area contributed by atoms with Crippen molar-refractivity contribution in [2.45, 2.75) is 6.92 Å². The summed E-state index contributed by atoms with van der Waals surface area (Å²) in [5, 5.41) is 1.41. The van der Waals surface area contributed by atoms with Crippen molar-refractivity contribution in [3.63, 3.8) is 0 Å². The molecule has 0 fully saturated rings. The first-order valence-corrected chi connectivity index (χ1v) is 7.51. The number of aromatic nitrogens is 2. The number of hydrogen-bond donors (Lipinski definition) is 0. The number of rotatable bonds is 7. The fourth-order valence-electron chi connectivity index (χ4n) is 1.85. The van der Waals surface area contributed by atoms with Gasteiger partial charge in [-0.2, -0.15) is 0 Å². The zero-order valence-electron chi connectivity index (χ0n) is 11.9. The quantitative estimate of drug-likeness (QED) is 0.735. The predicted octanol–water partition coefficient (Wildman–Crippen LogP) is 2.75. The number of thiophene rings is 1. The third-order valence-corrected chi connectivity index (χ3v) is 4.10. The van der Waals surface area contributed by atoms with Crippen LogP contribution in [0, 0.1) is 6.92 Å². The first kappa shape index (κ1) is 15.4. The molecule has 0 N–H and O–H groups in total. The maximum absolute atomic E-state index is 6.25. The summed E-state index contributed by atoms with van der Waals surface area (Å²) in [7, 11) is 3.35. The molecule has 0 unspecified atom stereocenters. The van der Waals surface area contributed by atoms with Crippen LogP contribution in [0.25, 0.3) is 10.2 Å². The van der Waals surface area contributed by atoms with Crippen LogP contribution < -0.4 is 4.90 Å². The number of fused-ring (bicyclic) bond motifs is 1. The molecule has 0 amide bonds. The molecule has 0 aliphatic rings. The number of ether oxygens (including phenoxy) is 2. The average Bonchev–Trinajstić information content (AvgIpc) is 2.80. The highest BCUT2D eigenvalue weighted by atomic mass is 35.5. The van der Waals surface area contributed by atoms with Crippen molar-refractivity contribution in [2.75, 3.05) is 45.4 Å². The molecule has 20 heavy (non-hydrogen) atoms. The van der Waals surface area contributed by atoms with Crippen LogP contribution in [0.3, 0.4) is 0 Å². The topological polar surface area (TPSA) is 47.5 Å². The lowest BCUT2D eigenvalue weighted by atomic mass is 10.4. The van der Waals surface area contributed by atoms with Gasteiger partial charge in [0.15, 0.2) is 0 Å². The summed E-state index contributed by atoms with van der Waals surface area (Å²) in [6.45, 7) is 4.65. The molecule has 0 bridgehead atoms. The van der Waals surface area contributed by atoms with Gasteiger partial charge in [0, 0.05) is 37.6 Å². The molecule has 0 aliphatic carbocycles. The van der Waals surface area contributed by atoms with E-state index in [0.29, 0.717) is 37.4 Å². The highest BCUT2D eigenvalue weighted by Crippen LogP contribution is 2.30. The molecule has 0 aromatic carbocycles. The molecule has 5 nitrogen and oxygen atoms in total. The Hall–Kier alpha value is -0.950. The molecule has 2 aromatic heterocycles. The lowest BCUT2D eigenvalue weighted by Crippen LogP contribution is -2.32. The third-order valence-electron chi connectivity index (χ3n) is 2.87. The minimum atomic E-state index is 0.495. The molecule has 0 aliphatic heterocycles. The van der Waals surface area contributed by atoms with Gasteiger partial charge in [-0.3, -0.25) is 0 Å². The van der Waals surface area contributed by atoms with Gasteiger partial charge in [-0.1, -0.05) is 11.6 Å². The van der Waals surface area contributed by atoms with E-state index >= 15 is 0 Å². The first-order chi connectivity index (χ1) is 9.65. The Kier molecular flexibility index (Phi) is 5.54. The van der Waals surface area contributed by atoms with Gasteiger partial charge in [0.25, 0.3) is 0 Å². The average molecular weight is 316 g/mol. The highest BCUT2D eigenvalue weighted by molar-refractivity contribution is 7.18. The maximum Gasteiger partial charge on any atom is 0.228 e. The van der Waals surface area contributed by atoms with Gasteiger partial charge in [-0.05, 0) is 13.0 Å². The van der Waals surface area contributed by atoms with Gasteiger partial charge in [0.1, 0.15) is 9.98 Å². The highest BCUT2D eigenvalue weighted by Gasteiger charge is 2.14. The Morgan fingerprint density at radius 3 is 2.45 bits per heavy atom. The summed E-state index contributed by atoms with van der Waals surface area (Å²) in [6.07, 6.45) is 0. The third kappa shape index (κ3) is 3.58. The summed E-state index contributed by atoms with van der Waals surface area (Å²) < 4.78 is 10.3. The Morgan fingerprint density at radius 1 is 1.20 bits per heavy atom. The fraction of sp³-hybridized carbons (Fsp3) is 0.538. The van der Waals surface area contributed by atoms with Crippen LogP contribution in [0.15, 0.2) is 6.07 Å². The molecule has 0 spiro atoms. The van der Waals surface area contributed by atoms with Gasteiger partial charge in [-0.15, -0.1) is 11.3 Å². The van der Waals surface area contributed by atoms with Gasteiger partial charge < -0.3 is 14.4 Å². The normalized spacial score (nSPS) is 11.2. The molecule has 2 rings (SSSR count). The van der Waals surface area contributed by atoms with Gasteiger partial charge in [-0.25, -0.2) is 9.97 Å². The number of anilines is 1. The number of halogens is 1. The molecule has 7 heteroatoms. The van der Waals surface area contributed by atoms with Crippen LogP contribution >= 0.6 is 22.9 Å². The van der Waals surface area contributed by atoms with Crippen LogP contribution in [0.2, 0.25) is 5.15 Å². The summed E-state index contributed by atoms with van der Waals surface area (Å²) >= 11 is 7.87. The Balaban J connectivity index is 2.31. The molecule has 2 heterocycles. The van der Waals surface area contributed by atoms with E-state index in [2.05, 4.69) is 9.97 Å². The summed E-state index contributed by atoms with van der Waals surface area (Å²) in [4.78, 5) is 13.1. The molecular weight excluding hydrogens is 298 g/mol. The van der Waals surface area contributed by atoms with Crippen LogP contribution in [0.4, 0.5) is 5.95 Å². The van der Waals surface area contributed by atoms with Crippen molar-refractivity contribution in [1.29, 1.82) is 0 Å². The molecule has 2 aromatic rings. The second-order valence-corrected chi connectivity index (χ2v) is 5.96. The van der Waals surface area contributed by atoms with Crippen molar-refractivity contribution in [3.05, 3.63) is 16.1 Å². The van der Waals surface area contributed by atoms with Crippen molar-refractivity contribution < 1.29 is 9.47 Å². The first-order valence-electron chi connectivity index (χ1n) is 6.32. The zero-order chi connectivity index (χ0) is 14.5. The number of hydrogen-bond acceptors (Lipinski definition) is 6. The molecular formula is C13H18ClN3O2S. The van der Waals surface area contributed by atoms with Crippen LogP contribution in [0.5, 0.6) is 0 Å². The lowest BCUT2D eigenvalue weighted by molar-refractivity contribution is 0.189. The van der Waals surface area contributed by atoms with E-state index in [9.17, 15) is 0 Å². The second-order valence-electron chi connectivity index (χ2n) is 4.36. The standard InChI is InChI=1S/C13H18ClN3O2S/c1-9-8-10-11(14)15-13(16-12(10)20-9)17(4-6-18-2)5-7-19-3/h8H,4-7H2,1-3H3. The molecule has 0 saturated carbocycles. The summed E-state index contributed by atoms with van der Waals surface area (Å²) in [5.74, 6) is 0.624.